The highest BCUT2D eigenvalue weighted by atomic mass is 16.6. The monoisotopic (exact) mass is 316 g/mol. The second kappa shape index (κ2) is 12.0. The SMILES string of the molecule is CCCCCC/C=C/CCCO[C@@H]1CO[C@@H]([C@@H](O)CO)[C@H]1O. The van der Waals surface area contributed by atoms with Gasteiger partial charge in [0.2, 0.25) is 0 Å². The van der Waals surface area contributed by atoms with Crippen LogP contribution in [-0.2, 0) is 9.47 Å². The Hall–Kier alpha value is -0.460. The van der Waals surface area contributed by atoms with Gasteiger partial charge in [0.15, 0.2) is 0 Å². The van der Waals surface area contributed by atoms with Gasteiger partial charge in [-0.1, -0.05) is 38.3 Å². The maximum atomic E-state index is 9.96. The first-order valence-electron chi connectivity index (χ1n) is 8.55. The molecule has 22 heavy (non-hydrogen) atoms. The smallest absolute Gasteiger partial charge is 0.114 e. The Kier molecular flexibility index (Phi) is 10.7. The lowest BCUT2D eigenvalue weighted by Crippen LogP contribution is -2.41. The van der Waals surface area contributed by atoms with Crippen LogP contribution < -0.4 is 0 Å². The summed E-state index contributed by atoms with van der Waals surface area (Å²) in [5.41, 5.74) is 0. The van der Waals surface area contributed by atoms with Gasteiger partial charge in [-0.25, -0.2) is 0 Å². The van der Waals surface area contributed by atoms with Crippen LogP contribution in [0, 0.1) is 0 Å². The standard InChI is InChI=1S/C17H32O5/c1-2-3-4-5-6-7-8-9-10-11-21-15-13-22-17(16(15)20)14(19)12-18/h7-8,14-20H,2-6,9-13H2,1H3/b8-7+/t14-,15+,16-,17-/m0/s1. The van der Waals surface area contributed by atoms with Crippen LogP contribution in [0.25, 0.3) is 0 Å². The Labute approximate surface area is 133 Å². The highest BCUT2D eigenvalue weighted by Crippen LogP contribution is 2.20. The van der Waals surface area contributed by atoms with Crippen molar-refractivity contribution in [2.75, 3.05) is 19.8 Å². The van der Waals surface area contributed by atoms with Gasteiger partial charge in [0.25, 0.3) is 0 Å². The first kappa shape index (κ1) is 19.6. The van der Waals surface area contributed by atoms with Crippen molar-refractivity contribution in [3.63, 3.8) is 0 Å². The van der Waals surface area contributed by atoms with Crippen molar-refractivity contribution >= 4 is 0 Å². The second-order valence-electron chi connectivity index (χ2n) is 5.91. The number of rotatable bonds is 12. The van der Waals surface area contributed by atoms with Gasteiger partial charge in [0.05, 0.1) is 13.2 Å². The lowest BCUT2D eigenvalue weighted by atomic mass is 10.1. The molecule has 0 radical (unpaired) electrons. The molecule has 0 aromatic carbocycles. The zero-order valence-corrected chi connectivity index (χ0v) is 13.7. The van der Waals surface area contributed by atoms with E-state index in [4.69, 9.17) is 14.6 Å². The highest BCUT2D eigenvalue weighted by Gasteiger charge is 2.40. The molecule has 1 rings (SSSR count). The number of allylic oxidation sites excluding steroid dienone is 2. The molecule has 130 valence electrons. The van der Waals surface area contributed by atoms with Gasteiger partial charge in [-0.2, -0.15) is 0 Å². The molecule has 4 atom stereocenters. The Balaban J connectivity index is 2.02. The number of ether oxygens (including phenoxy) is 2. The average Bonchev–Trinajstić information content (AvgIpc) is 2.89. The van der Waals surface area contributed by atoms with E-state index in [0.717, 1.165) is 19.3 Å². The summed E-state index contributed by atoms with van der Waals surface area (Å²) in [5, 5.41) is 28.3. The molecule has 1 heterocycles. The largest absolute Gasteiger partial charge is 0.394 e. The first-order chi connectivity index (χ1) is 10.7. The molecule has 0 bridgehead atoms. The summed E-state index contributed by atoms with van der Waals surface area (Å²) in [5.74, 6) is 0. The molecule has 5 nitrogen and oxygen atoms in total. The minimum Gasteiger partial charge on any atom is -0.394 e. The van der Waals surface area contributed by atoms with Crippen LogP contribution >= 0.6 is 0 Å². The summed E-state index contributed by atoms with van der Waals surface area (Å²) in [4.78, 5) is 0. The lowest BCUT2D eigenvalue weighted by molar-refractivity contribution is -0.0729. The number of aliphatic hydroxyl groups is 3. The zero-order valence-electron chi connectivity index (χ0n) is 13.7. The molecule has 5 heteroatoms. The van der Waals surface area contributed by atoms with Crippen LogP contribution in [0.2, 0.25) is 0 Å². The number of unbranched alkanes of at least 4 members (excludes halogenated alkanes) is 5. The van der Waals surface area contributed by atoms with Gasteiger partial charge in [-0.05, 0) is 25.7 Å². The summed E-state index contributed by atoms with van der Waals surface area (Å²) >= 11 is 0. The molecule has 0 saturated carbocycles. The van der Waals surface area contributed by atoms with Crippen molar-refractivity contribution in [2.45, 2.75) is 76.3 Å². The van der Waals surface area contributed by atoms with Crippen molar-refractivity contribution in [3.05, 3.63) is 12.2 Å². The van der Waals surface area contributed by atoms with Gasteiger partial charge in [0.1, 0.15) is 24.4 Å². The molecular weight excluding hydrogens is 284 g/mol. The zero-order chi connectivity index (χ0) is 16.2. The molecule has 0 spiro atoms. The van der Waals surface area contributed by atoms with Gasteiger partial charge in [-0.15, -0.1) is 0 Å². The number of aliphatic hydroxyl groups excluding tert-OH is 3. The van der Waals surface area contributed by atoms with Crippen LogP contribution in [0.1, 0.15) is 51.9 Å². The summed E-state index contributed by atoms with van der Waals surface area (Å²) < 4.78 is 10.9. The second-order valence-corrected chi connectivity index (χ2v) is 5.91. The molecule has 0 unspecified atom stereocenters. The van der Waals surface area contributed by atoms with Gasteiger partial charge in [-0.3, -0.25) is 0 Å². The van der Waals surface area contributed by atoms with Crippen LogP contribution in [0.3, 0.4) is 0 Å². The molecule has 0 aliphatic carbocycles. The number of hydrogen-bond acceptors (Lipinski definition) is 5. The topological polar surface area (TPSA) is 79.2 Å². The van der Waals surface area contributed by atoms with Gasteiger partial charge < -0.3 is 24.8 Å². The molecule has 1 saturated heterocycles. The maximum Gasteiger partial charge on any atom is 0.114 e. The molecule has 1 aliphatic rings. The maximum absolute atomic E-state index is 9.96. The third-order valence-electron chi connectivity index (χ3n) is 3.97. The van der Waals surface area contributed by atoms with Crippen molar-refractivity contribution in [3.8, 4) is 0 Å². The van der Waals surface area contributed by atoms with E-state index in [0.29, 0.717) is 6.61 Å². The van der Waals surface area contributed by atoms with Crippen molar-refractivity contribution in [1.82, 2.24) is 0 Å². The van der Waals surface area contributed by atoms with Gasteiger partial charge in [0, 0.05) is 6.61 Å². The van der Waals surface area contributed by atoms with Crippen molar-refractivity contribution in [1.29, 1.82) is 0 Å². The van der Waals surface area contributed by atoms with E-state index in [9.17, 15) is 10.2 Å². The summed E-state index contributed by atoms with van der Waals surface area (Å²) in [6.07, 6.45) is 9.52. The van der Waals surface area contributed by atoms with E-state index in [1.165, 1.54) is 25.7 Å². The quantitative estimate of drug-likeness (QED) is 0.378. The summed E-state index contributed by atoms with van der Waals surface area (Å²) in [7, 11) is 0. The van der Waals surface area contributed by atoms with Crippen LogP contribution in [0.4, 0.5) is 0 Å². The third kappa shape index (κ3) is 7.20. The Morgan fingerprint density at radius 1 is 1.18 bits per heavy atom. The van der Waals surface area contributed by atoms with Crippen LogP contribution in [0.15, 0.2) is 12.2 Å². The van der Waals surface area contributed by atoms with E-state index >= 15 is 0 Å². The minimum atomic E-state index is -1.06. The van der Waals surface area contributed by atoms with Crippen LogP contribution in [-0.4, -0.2) is 59.6 Å². The molecule has 0 amide bonds. The minimum absolute atomic E-state index is 0.260. The van der Waals surface area contributed by atoms with E-state index < -0.39 is 31.0 Å². The van der Waals surface area contributed by atoms with E-state index in [1.54, 1.807) is 0 Å². The van der Waals surface area contributed by atoms with Crippen LogP contribution in [0.5, 0.6) is 0 Å². The summed E-state index contributed by atoms with van der Waals surface area (Å²) in [6.45, 7) is 2.62. The predicted octanol–water partition coefficient (Wildman–Crippen LogP) is 1.79. The fraction of sp³-hybridized carbons (Fsp3) is 0.882. The molecule has 0 aromatic heterocycles. The lowest BCUT2D eigenvalue weighted by Gasteiger charge is -2.20. The fourth-order valence-corrected chi connectivity index (χ4v) is 2.56. The molecule has 0 aromatic rings. The molecule has 1 aliphatic heterocycles. The molecule has 3 N–H and O–H groups in total. The number of hydrogen-bond donors (Lipinski definition) is 3. The van der Waals surface area contributed by atoms with E-state index in [1.807, 2.05) is 0 Å². The Morgan fingerprint density at radius 3 is 2.59 bits per heavy atom. The third-order valence-corrected chi connectivity index (χ3v) is 3.97. The Morgan fingerprint density at radius 2 is 1.91 bits per heavy atom. The molecule has 1 fully saturated rings. The Bertz CT molecular complexity index is 295. The molecular formula is C17H32O5. The average molecular weight is 316 g/mol. The predicted molar refractivity (Wildman–Crippen MR) is 85.7 cm³/mol. The van der Waals surface area contributed by atoms with Crippen molar-refractivity contribution < 1.29 is 24.8 Å². The van der Waals surface area contributed by atoms with E-state index in [-0.39, 0.29) is 6.61 Å². The van der Waals surface area contributed by atoms with Crippen molar-refractivity contribution in [2.24, 2.45) is 0 Å². The van der Waals surface area contributed by atoms with Gasteiger partial charge >= 0.3 is 0 Å². The normalized spacial score (nSPS) is 26.8. The van der Waals surface area contributed by atoms with E-state index in [2.05, 4.69) is 19.1 Å². The highest BCUT2D eigenvalue weighted by molar-refractivity contribution is 4.89. The first-order valence-corrected chi connectivity index (χ1v) is 8.55. The fourth-order valence-electron chi connectivity index (χ4n) is 2.56. The summed E-state index contributed by atoms with van der Waals surface area (Å²) in [6, 6.07) is 0.